The molecule has 156 valence electrons. The predicted molar refractivity (Wildman–Crippen MR) is 109 cm³/mol. The summed E-state index contributed by atoms with van der Waals surface area (Å²) in [5.41, 5.74) is 1.73. The van der Waals surface area contributed by atoms with Gasteiger partial charge in [-0.05, 0) is 44.0 Å². The van der Waals surface area contributed by atoms with Gasteiger partial charge in [0.05, 0.1) is 19.8 Å². The van der Waals surface area contributed by atoms with Crippen LogP contribution in [0.3, 0.4) is 0 Å². The van der Waals surface area contributed by atoms with Crippen LogP contribution in [0.4, 0.5) is 4.79 Å². The molecule has 0 aliphatic carbocycles. The molecular weight excluding hydrogens is 374 g/mol. The van der Waals surface area contributed by atoms with Crippen LogP contribution in [-0.4, -0.2) is 43.0 Å². The smallest absolute Gasteiger partial charge is 0.408 e. The Bertz CT molecular complexity index is 832. The van der Waals surface area contributed by atoms with Gasteiger partial charge in [0, 0.05) is 6.42 Å². The van der Waals surface area contributed by atoms with Crippen LogP contribution in [0.15, 0.2) is 42.5 Å². The number of carboxylic acid groups (broad SMARTS) is 1. The molecule has 0 heterocycles. The van der Waals surface area contributed by atoms with E-state index in [0.717, 1.165) is 16.7 Å². The third-order valence-electron chi connectivity index (χ3n) is 4.10. The molecule has 0 bridgehead atoms. The van der Waals surface area contributed by atoms with E-state index in [1.807, 2.05) is 42.5 Å². The molecular formula is C22H27NO6. The molecule has 0 saturated heterocycles. The average molecular weight is 401 g/mol. The fourth-order valence-electron chi connectivity index (χ4n) is 2.83. The predicted octanol–water partition coefficient (Wildman–Crippen LogP) is 3.89. The lowest BCUT2D eigenvalue weighted by atomic mass is 9.99. The first-order valence-electron chi connectivity index (χ1n) is 9.17. The molecule has 2 aromatic rings. The quantitative estimate of drug-likeness (QED) is 0.731. The number of carbonyl (C=O) groups excluding carboxylic acids is 1. The Morgan fingerprint density at radius 1 is 1.00 bits per heavy atom. The van der Waals surface area contributed by atoms with Crippen LogP contribution >= 0.6 is 0 Å². The van der Waals surface area contributed by atoms with E-state index in [9.17, 15) is 14.7 Å². The summed E-state index contributed by atoms with van der Waals surface area (Å²) < 4.78 is 16.0. The Balaban J connectivity index is 2.19. The molecule has 0 aliphatic heterocycles. The number of aliphatic carboxylic acids is 1. The maximum absolute atomic E-state index is 11.9. The highest BCUT2D eigenvalue weighted by Gasteiger charge is 2.24. The van der Waals surface area contributed by atoms with E-state index in [0.29, 0.717) is 11.5 Å². The van der Waals surface area contributed by atoms with Gasteiger partial charge in [-0.25, -0.2) is 9.59 Å². The summed E-state index contributed by atoms with van der Waals surface area (Å²) in [5.74, 6) is 0.213. The van der Waals surface area contributed by atoms with Crippen molar-refractivity contribution in [3.8, 4) is 22.6 Å². The summed E-state index contributed by atoms with van der Waals surface area (Å²) in [7, 11) is 3.18. The highest BCUT2D eigenvalue weighted by molar-refractivity contribution is 5.80. The zero-order valence-corrected chi connectivity index (χ0v) is 17.3. The SMILES string of the molecule is COc1cccc(OC)c1-c1ccc(CC(NC(=O)OC(C)(C)C)C(=O)O)cc1. The van der Waals surface area contributed by atoms with Crippen molar-refractivity contribution in [2.75, 3.05) is 14.2 Å². The highest BCUT2D eigenvalue weighted by atomic mass is 16.6. The maximum Gasteiger partial charge on any atom is 0.408 e. The van der Waals surface area contributed by atoms with Crippen molar-refractivity contribution < 1.29 is 28.9 Å². The number of nitrogens with one attached hydrogen (secondary N) is 1. The zero-order chi connectivity index (χ0) is 21.6. The fraction of sp³-hybridized carbons (Fsp3) is 0.364. The molecule has 2 rings (SSSR count). The minimum absolute atomic E-state index is 0.123. The summed E-state index contributed by atoms with van der Waals surface area (Å²) >= 11 is 0. The number of amides is 1. The number of carboxylic acids is 1. The van der Waals surface area contributed by atoms with Crippen LogP contribution in [-0.2, 0) is 16.0 Å². The number of methoxy groups -OCH3 is 2. The number of alkyl carbamates (subject to hydrolysis) is 1. The number of hydrogen-bond donors (Lipinski definition) is 2. The van der Waals surface area contributed by atoms with E-state index in [-0.39, 0.29) is 6.42 Å². The summed E-state index contributed by atoms with van der Waals surface area (Å²) in [6.45, 7) is 5.15. The van der Waals surface area contributed by atoms with Gasteiger partial charge < -0.3 is 24.6 Å². The van der Waals surface area contributed by atoms with Gasteiger partial charge in [0.15, 0.2) is 0 Å². The van der Waals surface area contributed by atoms with Gasteiger partial charge in [0.2, 0.25) is 0 Å². The Kier molecular flexibility index (Phi) is 7.09. The van der Waals surface area contributed by atoms with Gasteiger partial charge in [-0.3, -0.25) is 0 Å². The van der Waals surface area contributed by atoms with Gasteiger partial charge in [0.1, 0.15) is 23.1 Å². The van der Waals surface area contributed by atoms with E-state index in [2.05, 4.69) is 5.32 Å². The normalized spacial score (nSPS) is 12.0. The lowest BCUT2D eigenvalue weighted by Crippen LogP contribution is -2.44. The van der Waals surface area contributed by atoms with Gasteiger partial charge in [0.25, 0.3) is 0 Å². The minimum Gasteiger partial charge on any atom is -0.496 e. The van der Waals surface area contributed by atoms with Crippen LogP contribution in [0.2, 0.25) is 0 Å². The average Bonchev–Trinajstić information content (AvgIpc) is 2.65. The van der Waals surface area contributed by atoms with E-state index in [4.69, 9.17) is 14.2 Å². The molecule has 0 radical (unpaired) electrons. The number of hydrogen-bond acceptors (Lipinski definition) is 5. The largest absolute Gasteiger partial charge is 0.496 e. The van der Waals surface area contributed by atoms with Crippen LogP contribution in [0.25, 0.3) is 11.1 Å². The molecule has 1 amide bonds. The van der Waals surface area contributed by atoms with Crippen LogP contribution in [0, 0.1) is 0 Å². The van der Waals surface area contributed by atoms with Gasteiger partial charge in [-0.15, -0.1) is 0 Å². The van der Waals surface area contributed by atoms with Crippen molar-refractivity contribution in [2.45, 2.75) is 38.8 Å². The van der Waals surface area contributed by atoms with Gasteiger partial charge in [-0.2, -0.15) is 0 Å². The van der Waals surface area contributed by atoms with Crippen LogP contribution < -0.4 is 14.8 Å². The van der Waals surface area contributed by atoms with Crippen molar-refractivity contribution >= 4 is 12.1 Å². The van der Waals surface area contributed by atoms with E-state index in [1.165, 1.54) is 0 Å². The number of benzene rings is 2. The molecule has 7 nitrogen and oxygen atoms in total. The number of rotatable bonds is 7. The molecule has 2 aromatic carbocycles. The highest BCUT2D eigenvalue weighted by Crippen LogP contribution is 2.38. The molecule has 1 unspecified atom stereocenters. The Morgan fingerprint density at radius 2 is 1.55 bits per heavy atom. The third-order valence-corrected chi connectivity index (χ3v) is 4.10. The second-order valence-corrected chi connectivity index (χ2v) is 7.48. The van der Waals surface area contributed by atoms with Gasteiger partial charge in [-0.1, -0.05) is 30.3 Å². The molecule has 1 atom stereocenters. The van der Waals surface area contributed by atoms with E-state index < -0.39 is 23.7 Å². The Labute approximate surface area is 170 Å². The van der Waals surface area contributed by atoms with Crippen molar-refractivity contribution in [1.29, 1.82) is 0 Å². The van der Waals surface area contributed by atoms with E-state index in [1.54, 1.807) is 35.0 Å². The lowest BCUT2D eigenvalue weighted by Gasteiger charge is -2.22. The Hall–Kier alpha value is -3.22. The fourth-order valence-corrected chi connectivity index (χ4v) is 2.83. The third kappa shape index (κ3) is 6.14. The van der Waals surface area contributed by atoms with Crippen molar-refractivity contribution in [3.63, 3.8) is 0 Å². The monoisotopic (exact) mass is 401 g/mol. The molecule has 0 aliphatic rings. The molecule has 0 fully saturated rings. The topological polar surface area (TPSA) is 94.1 Å². The molecule has 0 saturated carbocycles. The summed E-state index contributed by atoms with van der Waals surface area (Å²) in [5, 5.41) is 11.9. The lowest BCUT2D eigenvalue weighted by molar-refractivity contribution is -0.139. The van der Waals surface area contributed by atoms with Crippen LogP contribution in [0.5, 0.6) is 11.5 Å². The second kappa shape index (κ2) is 9.32. The molecule has 0 spiro atoms. The second-order valence-electron chi connectivity index (χ2n) is 7.48. The first-order valence-corrected chi connectivity index (χ1v) is 9.17. The maximum atomic E-state index is 11.9. The summed E-state index contributed by atoms with van der Waals surface area (Å²) in [4.78, 5) is 23.5. The van der Waals surface area contributed by atoms with Crippen molar-refractivity contribution in [2.24, 2.45) is 0 Å². The number of ether oxygens (including phenoxy) is 3. The molecule has 0 aromatic heterocycles. The molecule has 7 heteroatoms. The van der Waals surface area contributed by atoms with Crippen molar-refractivity contribution in [3.05, 3.63) is 48.0 Å². The zero-order valence-electron chi connectivity index (χ0n) is 17.3. The first-order chi connectivity index (χ1) is 13.6. The number of carbonyl (C=O) groups is 2. The standard InChI is InChI=1S/C22H27NO6/c1-22(2,3)29-21(26)23-16(20(24)25)13-14-9-11-15(12-10-14)19-17(27-4)7-6-8-18(19)28-5/h6-12,16H,13H2,1-5H3,(H,23,26)(H,24,25). The summed E-state index contributed by atoms with van der Waals surface area (Å²) in [6, 6.07) is 11.8. The Morgan fingerprint density at radius 3 is 2.00 bits per heavy atom. The summed E-state index contributed by atoms with van der Waals surface area (Å²) in [6.07, 6.45) is -0.641. The molecule has 2 N–H and O–H groups in total. The van der Waals surface area contributed by atoms with E-state index >= 15 is 0 Å². The first kappa shape index (κ1) is 22.1. The van der Waals surface area contributed by atoms with Crippen molar-refractivity contribution in [1.82, 2.24) is 5.32 Å². The van der Waals surface area contributed by atoms with Crippen LogP contribution in [0.1, 0.15) is 26.3 Å². The van der Waals surface area contributed by atoms with Gasteiger partial charge >= 0.3 is 12.1 Å². The molecule has 29 heavy (non-hydrogen) atoms. The minimum atomic E-state index is -1.13.